The first-order valence-electron chi connectivity index (χ1n) is 20.4. The largest absolute Gasteiger partial charge is 0.508 e. The molecule has 2 aliphatic heterocycles. The fraction of sp³-hybridized carbons (Fsp3) is 0.702. The molecule has 0 unspecified atom stereocenters. The Balaban J connectivity index is 1.85. The third kappa shape index (κ3) is 10.7. The van der Waals surface area contributed by atoms with Gasteiger partial charge in [-0.25, -0.2) is 0 Å². The lowest BCUT2D eigenvalue weighted by Crippen LogP contribution is -2.60. The number of benzene rings is 2. The van der Waals surface area contributed by atoms with Crippen LogP contribution in [0.4, 0.5) is 0 Å². The summed E-state index contributed by atoms with van der Waals surface area (Å²) in [5.74, 6) is -1.78. The maximum Gasteiger partial charge on any atom is 0.320 e. The SMILES string of the molecule is Cc1cc(O)c(C(C)(C)C)cc1C(C)(CCC(C(=O)OC1CC(C)(C)NC(C)(C)C1)C(=O)OC1CC(C)(C)NC(C)(C)C1)c1cc(C(C)(C)C)c(O)cc1C. The van der Waals surface area contributed by atoms with Crippen LogP contribution in [0, 0.1) is 19.8 Å². The number of hydrogen-bond acceptors (Lipinski definition) is 8. The molecule has 4 rings (SSSR count). The number of carbonyl (C=O) groups excluding carboxylic acids is 2. The van der Waals surface area contributed by atoms with Crippen molar-refractivity contribution in [1.82, 2.24) is 10.6 Å². The summed E-state index contributed by atoms with van der Waals surface area (Å²) >= 11 is 0. The van der Waals surface area contributed by atoms with E-state index in [2.05, 4.69) is 127 Å². The van der Waals surface area contributed by atoms with E-state index in [0.717, 1.165) is 33.4 Å². The van der Waals surface area contributed by atoms with E-state index in [1.54, 1.807) is 0 Å². The van der Waals surface area contributed by atoms with E-state index in [9.17, 15) is 19.8 Å². The van der Waals surface area contributed by atoms with Crippen molar-refractivity contribution >= 4 is 11.9 Å². The van der Waals surface area contributed by atoms with Crippen LogP contribution < -0.4 is 10.6 Å². The van der Waals surface area contributed by atoms with Crippen molar-refractivity contribution in [3.63, 3.8) is 0 Å². The smallest absolute Gasteiger partial charge is 0.320 e. The Labute approximate surface area is 332 Å². The molecule has 8 nitrogen and oxygen atoms in total. The summed E-state index contributed by atoms with van der Waals surface area (Å²) in [6.07, 6.45) is 2.37. The van der Waals surface area contributed by atoms with Crippen molar-refractivity contribution in [2.75, 3.05) is 0 Å². The third-order valence-electron chi connectivity index (χ3n) is 11.9. The average Bonchev–Trinajstić information content (AvgIpc) is 2.92. The van der Waals surface area contributed by atoms with Crippen LogP contribution in [0.15, 0.2) is 24.3 Å². The van der Waals surface area contributed by atoms with Crippen molar-refractivity contribution in [2.45, 2.75) is 207 Å². The highest BCUT2D eigenvalue weighted by Gasteiger charge is 2.45. The van der Waals surface area contributed by atoms with Crippen LogP contribution in [0.2, 0.25) is 0 Å². The molecule has 0 amide bonds. The van der Waals surface area contributed by atoms with Crippen LogP contribution in [-0.4, -0.2) is 56.5 Å². The standard InChI is InChI=1S/C47H74N2O6/c1-28-20-37(50)35(41(3,4)5)22-33(28)47(17,34-23-36(42(6,7)8)38(51)21-29(34)2)19-18-32(39(52)54-30-24-43(9,10)48-44(11,12)25-30)40(53)55-31-26-45(13,14)49-46(15,16)27-31/h20-23,30-32,48-51H,18-19,24-27H2,1-17H3. The second kappa shape index (κ2) is 15.0. The summed E-state index contributed by atoms with van der Waals surface area (Å²) in [7, 11) is 0. The molecule has 0 atom stereocenters. The van der Waals surface area contributed by atoms with E-state index in [0.29, 0.717) is 32.1 Å². The molecular formula is C47H74N2O6. The Kier molecular flexibility index (Phi) is 12.2. The summed E-state index contributed by atoms with van der Waals surface area (Å²) in [6.45, 7) is 35.6. The zero-order valence-corrected chi connectivity index (χ0v) is 37.3. The highest BCUT2D eigenvalue weighted by Crippen LogP contribution is 2.47. The van der Waals surface area contributed by atoms with Gasteiger partial charge in [-0.2, -0.15) is 0 Å². The van der Waals surface area contributed by atoms with Gasteiger partial charge in [-0.1, -0.05) is 60.6 Å². The maximum absolute atomic E-state index is 14.5. The van der Waals surface area contributed by atoms with Gasteiger partial charge < -0.3 is 30.3 Å². The van der Waals surface area contributed by atoms with Crippen LogP contribution in [0.25, 0.3) is 0 Å². The minimum Gasteiger partial charge on any atom is -0.508 e. The van der Waals surface area contributed by atoms with Gasteiger partial charge in [-0.05, 0) is 138 Å². The van der Waals surface area contributed by atoms with Crippen LogP contribution in [0.3, 0.4) is 0 Å². The summed E-state index contributed by atoms with van der Waals surface area (Å²) in [4.78, 5) is 29.1. The van der Waals surface area contributed by atoms with Gasteiger partial charge in [0.1, 0.15) is 23.7 Å². The fourth-order valence-electron chi connectivity index (χ4n) is 10.1. The highest BCUT2D eigenvalue weighted by atomic mass is 16.6. The number of hydrogen-bond donors (Lipinski definition) is 4. The zero-order valence-electron chi connectivity index (χ0n) is 37.3. The van der Waals surface area contributed by atoms with Gasteiger partial charge in [0, 0.05) is 53.3 Å². The van der Waals surface area contributed by atoms with Gasteiger partial charge >= 0.3 is 11.9 Å². The molecule has 308 valence electrons. The van der Waals surface area contributed by atoms with Crippen molar-refractivity contribution in [3.8, 4) is 11.5 Å². The molecule has 0 saturated carbocycles. The van der Waals surface area contributed by atoms with Crippen LogP contribution in [-0.2, 0) is 35.3 Å². The van der Waals surface area contributed by atoms with E-state index in [-0.39, 0.29) is 63.1 Å². The normalized spacial score (nSPS) is 20.3. The van der Waals surface area contributed by atoms with Gasteiger partial charge in [0.05, 0.1) is 0 Å². The lowest BCUT2D eigenvalue weighted by atomic mass is 9.67. The molecular weight excluding hydrogens is 689 g/mol. The van der Waals surface area contributed by atoms with E-state index in [4.69, 9.17) is 9.47 Å². The minimum absolute atomic E-state index is 0.181. The lowest BCUT2D eigenvalue weighted by Gasteiger charge is -2.46. The monoisotopic (exact) mass is 763 g/mol. The van der Waals surface area contributed by atoms with Crippen molar-refractivity contribution < 1.29 is 29.3 Å². The summed E-state index contributed by atoms with van der Waals surface area (Å²) in [5, 5.41) is 29.7. The number of ether oxygens (including phenoxy) is 2. The van der Waals surface area contributed by atoms with Gasteiger partial charge in [-0.3, -0.25) is 9.59 Å². The Hall–Kier alpha value is -3.10. The molecule has 0 aromatic heterocycles. The Morgan fingerprint density at radius 2 is 0.927 bits per heavy atom. The molecule has 2 aromatic carbocycles. The molecule has 2 saturated heterocycles. The van der Waals surface area contributed by atoms with E-state index in [1.807, 2.05) is 26.0 Å². The van der Waals surface area contributed by atoms with Crippen molar-refractivity contribution in [2.24, 2.45) is 5.92 Å². The van der Waals surface area contributed by atoms with E-state index < -0.39 is 23.3 Å². The molecule has 2 heterocycles. The number of aromatic hydroxyl groups is 2. The quantitative estimate of drug-likeness (QED) is 0.147. The molecule has 0 bridgehead atoms. The molecule has 2 aromatic rings. The second-order valence-electron chi connectivity index (χ2n) is 22.0. The lowest BCUT2D eigenvalue weighted by molar-refractivity contribution is -0.172. The van der Waals surface area contributed by atoms with Gasteiger partial charge in [-0.15, -0.1) is 0 Å². The van der Waals surface area contributed by atoms with Crippen LogP contribution >= 0.6 is 0 Å². The van der Waals surface area contributed by atoms with Crippen LogP contribution in [0.5, 0.6) is 11.5 Å². The molecule has 2 aliphatic rings. The first kappa shape index (κ1) is 44.6. The molecule has 4 N–H and O–H groups in total. The predicted molar refractivity (Wildman–Crippen MR) is 223 cm³/mol. The zero-order chi connectivity index (χ0) is 41.9. The maximum atomic E-state index is 14.5. The summed E-state index contributed by atoms with van der Waals surface area (Å²) in [6, 6.07) is 7.85. The Morgan fingerprint density at radius 3 is 1.22 bits per heavy atom. The number of rotatable bonds is 9. The first-order valence-corrected chi connectivity index (χ1v) is 20.4. The van der Waals surface area contributed by atoms with E-state index in [1.165, 1.54) is 0 Å². The molecule has 0 aliphatic carbocycles. The fourth-order valence-corrected chi connectivity index (χ4v) is 10.1. The van der Waals surface area contributed by atoms with Crippen molar-refractivity contribution in [1.29, 1.82) is 0 Å². The number of nitrogens with one attached hydrogen (secondary N) is 2. The first-order chi connectivity index (χ1) is 24.7. The molecule has 0 radical (unpaired) electrons. The Bertz CT molecular complexity index is 1600. The number of phenols is 2. The molecule has 0 spiro atoms. The molecule has 2 fully saturated rings. The van der Waals surface area contributed by atoms with Gasteiger partial charge in [0.2, 0.25) is 0 Å². The van der Waals surface area contributed by atoms with Crippen LogP contribution in [0.1, 0.15) is 176 Å². The number of esters is 2. The topological polar surface area (TPSA) is 117 Å². The third-order valence-corrected chi connectivity index (χ3v) is 11.9. The number of carbonyl (C=O) groups is 2. The van der Waals surface area contributed by atoms with Gasteiger partial charge in [0.15, 0.2) is 5.92 Å². The summed E-state index contributed by atoms with van der Waals surface area (Å²) in [5.41, 5.74) is 2.96. The number of phenolic OH excluding ortho intramolecular Hbond substituents is 2. The second-order valence-corrected chi connectivity index (χ2v) is 22.0. The molecule has 8 heteroatoms. The Morgan fingerprint density at radius 1 is 0.618 bits per heavy atom. The predicted octanol–water partition coefficient (Wildman–Crippen LogP) is 9.72. The number of piperidine rings is 2. The van der Waals surface area contributed by atoms with Gasteiger partial charge in [0.25, 0.3) is 0 Å². The van der Waals surface area contributed by atoms with Crippen molar-refractivity contribution in [3.05, 3.63) is 57.6 Å². The minimum atomic E-state index is -1.15. The highest BCUT2D eigenvalue weighted by molar-refractivity contribution is 5.95. The number of aryl methyl sites for hydroxylation is 2. The molecule has 55 heavy (non-hydrogen) atoms. The average molecular weight is 763 g/mol. The summed E-state index contributed by atoms with van der Waals surface area (Å²) < 4.78 is 12.7. The van der Waals surface area contributed by atoms with E-state index >= 15 is 0 Å².